The number of sulfonamides is 1. The number of nitrogens with zero attached hydrogens (tertiary/aromatic N) is 3. The number of fused-ring (bicyclic) bond motifs is 1. The Morgan fingerprint density at radius 3 is 2.62 bits per heavy atom. The monoisotopic (exact) mass is 435 g/mol. The third-order valence-electron chi connectivity index (χ3n) is 5.04. The standard InChI is InChI=1S/C20H19ClFN3O3S/c1-24(20-14-5-2-3-8-18(14)29(27,28)23-20)12-19(26)25(13-9-10-13)11-15-16(21)6-4-7-17(15)22/h2-8,13H,9-12H2,1H3. The van der Waals surface area contributed by atoms with Gasteiger partial charge in [-0.25, -0.2) is 4.39 Å². The van der Waals surface area contributed by atoms with Crippen molar-refractivity contribution in [3.05, 3.63) is 64.4 Å². The van der Waals surface area contributed by atoms with Crippen LogP contribution in [-0.2, 0) is 21.4 Å². The first-order valence-electron chi connectivity index (χ1n) is 9.16. The molecular weight excluding hydrogens is 417 g/mol. The van der Waals surface area contributed by atoms with Gasteiger partial charge in [-0.2, -0.15) is 8.42 Å². The van der Waals surface area contributed by atoms with Crippen LogP contribution in [0.5, 0.6) is 0 Å². The van der Waals surface area contributed by atoms with Crippen LogP contribution in [0.4, 0.5) is 4.39 Å². The molecule has 0 atom stereocenters. The molecule has 1 heterocycles. The largest absolute Gasteiger partial charge is 0.349 e. The molecule has 0 aromatic heterocycles. The smallest absolute Gasteiger partial charge is 0.285 e. The third kappa shape index (κ3) is 3.86. The van der Waals surface area contributed by atoms with E-state index in [1.807, 2.05) is 0 Å². The Labute approximate surface area is 173 Å². The second-order valence-electron chi connectivity index (χ2n) is 7.20. The van der Waals surface area contributed by atoms with E-state index in [2.05, 4.69) is 4.40 Å². The van der Waals surface area contributed by atoms with E-state index in [1.54, 1.807) is 36.2 Å². The highest BCUT2D eigenvalue weighted by atomic mass is 35.5. The number of benzene rings is 2. The lowest BCUT2D eigenvalue weighted by atomic mass is 10.1. The molecule has 0 bridgehead atoms. The lowest BCUT2D eigenvalue weighted by molar-refractivity contribution is -0.132. The van der Waals surface area contributed by atoms with Crippen molar-refractivity contribution in [2.45, 2.75) is 30.3 Å². The van der Waals surface area contributed by atoms with Gasteiger partial charge in [0.15, 0.2) is 5.84 Å². The molecule has 0 unspecified atom stereocenters. The molecule has 1 saturated carbocycles. The number of likely N-dealkylation sites (N-methyl/N-ethyl adjacent to an activating group) is 1. The number of carbonyl (C=O) groups excluding carboxylic acids is 1. The number of rotatable bonds is 5. The molecule has 6 nitrogen and oxygen atoms in total. The van der Waals surface area contributed by atoms with E-state index in [9.17, 15) is 17.6 Å². The number of carbonyl (C=O) groups is 1. The van der Waals surface area contributed by atoms with E-state index in [4.69, 9.17) is 11.6 Å². The third-order valence-corrected chi connectivity index (χ3v) is 6.72. The van der Waals surface area contributed by atoms with Crippen LogP contribution >= 0.6 is 11.6 Å². The minimum Gasteiger partial charge on any atom is -0.349 e. The summed E-state index contributed by atoms with van der Waals surface area (Å²) in [5.41, 5.74) is 0.751. The summed E-state index contributed by atoms with van der Waals surface area (Å²) in [6, 6.07) is 11.0. The number of hydrogen-bond acceptors (Lipinski definition) is 4. The first kappa shape index (κ1) is 19.8. The van der Waals surface area contributed by atoms with E-state index in [-0.39, 0.29) is 46.4 Å². The van der Waals surface area contributed by atoms with E-state index in [0.29, 0.717) is 5.56 Å². The van der Waals surface area contributed by atoms with E-state index in [1.165, 1.54) is 23.1 Å². The molecule has 0 spiro atoms. The Bertz CT molecular complexity index is 1100. The van der Waals surface area contributed by atoms with Crippen molar-refractivity contribution in [2.75, 3.05) is 13.6 Å². The summed E-state index contributed by atoms with van der Waals surface area (Å²) in [6.45, 7) is -0.00450. The Kier molecular flexibility index (Phi) is 5.08. The van der Waals surface area contributed by atoms with Crippen LogP contribution in [0.1, 0.15) is 24.0 Å². The molecule has 0 radical (unpaired) electrons. The topological polar surface area (TPSA) is 70.1 Å². The highest BCUT2D eigenvalue weighted by molar-refractivity contribution is 7.90. The number of hydrogen-bond donors (Lipinski definition) is 0. The molecule has 1 amide bonds. The van der Waals surface area contributed by atoms with Crippen molar-refractivity contribution < 1.29 is 17.6 Å². The van der Waals surface area contributed by atoms with Crippen LogP contribution in [0.2, 0.25) is 5.02 Å². The van der Waals surface area contributed by atoms with Crippen LogP contribution in [0.3, 0.4) is 0 Å². The SMILES string of the molecule is CN(CC(=O)N(Cc1c(F)cccc1Cl)C1CC1)C1=NS(=O)(=O)c2ccccc21. The molecule has 1 aliphatic carbocycles. The zero-order valence-electron chi connectivity index (χ0n) is 15.7. The van der Waals surface area contributed by atoms with Crippen molar-refractivity contribution in [1.82, 2.24) is 9.80 Å². The quantitative estimate of drug-likeness (QED) is 0.723. The van der Waals surface area contributed by atoms with Crippen LogP contribution in [0.25, 0.3) is 0 Å². The maximum atomic E-state index is 14.2. The first-order chi connectivity index (χ1) is 13.8. The number of amides is 1. The van der Waals surface area contributed by atoms with Crippen LogP contribution in [0, 0.1) is 5.82 Å². The van der Waals surface area contributed by atoms with Crippen LogP contribution < -0.4 is 0 Å². The molecule has 1 aliphatic heterocycles. The van der Waals surface area contributed by atoms with Crippen molar-refractivity contribution in [3.8, 4) is 0 Å². The molecule has 2 aliphatic rings. The van der Waals surface area contributed by atoms with Gasteiger partial charge in [0.25, 0.3) is 10.0 Å². The second-order valence-corrected chi connectivity index (χ2v) is 9.17. The van der Waals surface area contributed by atoms with Gasteiger partial charge in [-0.1, -0.05) is 29.8 Å². The fourth-order valence-electron chi connectivity index (χ4n) is 3.39. The molecule has 29 heavy (non-hydrogen) atoms. The summed E-state index contributed by atoms with van der Waals surface area (Å²) >= 11 is 6.13. The Balaban J connectivity index is 1.55. The average molecular weight is 436 g/mol. The molecule has 0 saturated heterocycles. The maximum absolute atomic E-state index is 14.2. The summed E-state index contributed by atoms with van der Waals surface area (Å²) in [5, 5.41) is 0.275. The Morgan fingerprint density at radius 2 is 1.93 bits per heavy atom. The fourth-order valence-corrected chi connectivity index (χ4v) is 4.87. The zero-order chi connectivity index (χ0) is 20.8. The van der Waals surface area contributed by atoms with Crippen LogP contribution in [0.15, 0.2) is 51.8 Å². The molecule has 9 heteroatoms. The van der Waals surface area contributed by atoms with Gasteiger partial charge in [-0.3, -0.25) is 4.79 Å². The molecule has 4 rings (SSSR count). The summed E-state index contributed by atoms with van der Waals surface area (Å²) in [6.07, 6.45) is 1.69. The summed E-state index contributed by atoms with van der Waals surface area (Å²) in [5.74, 6) is -0.461. The summed E-state index contributed by atoms with van der Waals surface area (Å²) in [7, 11) is -2.14. The minimum atomic E-state index is -3.77. The van der Waals surface area contributed by atoms with Gasteiger partial charge in [0.2, 0.25) is 5.91 Å². The first-order valence-corrected chi connectivity index (χ1v) is 11.0. The second kappa shape index (κ2) is 7.42. The fraction of sp³-hybridized carbons (Fsp3) is 0.300. The summed E-state index contributed by atoms with van der Waals surface area (Å²) in [4.78, 5) is 16.3. The van der Waals surface area contributed by atoms with Gasteiger partial charge < -0.3 is 9.80 Å². The van der Waals surface area contributed by atoms with Crippen molar-refractivity contribution in [2.24, 2.45) is 4.40 Å². The predicted molar refractivity (Wildman–Crippen MR) is 108 cm³/mol. The molecule has 152 valence electrons. The van der Waals surface area contributed by atoms with Gasteiger partial charge in [-0.05, 0) is 37.1 Å². The van der Waals surface area contributed by atoms with Gasteiger partial charge in [-0.15, -0.1) is 4.40 Å². The average Bonchev–Trinajstić information content (AvgIpc) is 3.46. The Morgan fingerprint density at radius 1 is 1.21 bits per heavy atom. The van der Waals surface area contributed by atoms with Crippen molar-refractivity contribution >= 4 is 33.4 Å². The highest BCUT2D eigenvalue weighted by Gasteiger charge is 2.36. The van der Waals surface area contributed by atoms with Crippen molar-refractivity contribution in [1.29, 1.82) is 0 Å². The van der Waals surface area contributed by atoms with Gasteiger partial charge in [0.1, 0.15) is 10.7 Å². The van der Waals surface area contributed by atoms with E-state index in [0.717, 1.165) is 12.8 Å². The number of amidine groups is 1. The van der Waals surface area contributed by atoms with Gasteiger partial charge in [0, 0.05) is 29.2 Å². The lowest BCUT2D eigenvalue weighted by Crippen LogP contribution is -2.42. The normalized spacial score (nSPS) is 16.9. The molecular formula is C20H19ClFN3O3S. The van der Waals surface area contributed by atoms with Crippen LogP contribution in [-0.4, -0.2) is 49.6 Å². The molecule has 2 aromatic rings. The maximum Gasteiger partial charge on any atom is 0.285 e. The molecule has 2 aromatic carbocycles. The number of halogens is 2. The van der Waals surface area contributed by atoms with Gasteiger partial charge in [0.05, 0.1) is 13.1 Å². The zero-order valence-corrected chi connectivity index (χ0v) is 17.3. The highest BCUT2D eigenvalue weighted by Crippen LogP contribution is 2.31. The minimum absolute atomic E-state index is 0.0353. The van der Waals surface area contributed by atoms with E-state index >= 15 is 0 Å². The molecule has 0 N–H and O–H groups in total. The lowest BCUT2D eigenvalue weighted by Gasteiger charge is -2.27. The Hall–Kier alpha value is -2.45. The van der Waals surface area contributed by atoms with E-state index < -0.39 is 15.8 Å². The van der Waals surface area contributed by atoms with Crippen molar-refractivity contribution in [3.63, 3.8) is 0 Å². The molecule has 1 fully saturated rings. The summed E-state index contributed by atoms with van der Waals surface area (Å²) < 4.78 is 42.5. The van der Waals surface area contributed by atoms with Gasteiger partial charge >= 0.3 is 0 Å². The predicted octanol–water partition coefficient (Wildman–Crippen LogP) is 3.05.